The van der Waals surface area contributed by atoms with E-state index in [1.54, 1.807) is 47.4 Å². The molecule has 2 N–H and O–H groups in total. The summed E-state index contributed by atoms with van der Waals surface area (Å²) in [6.07, 6.45) is 4.98. The Morgan fingerprint density at radius 2 is 1.92 bits per heavy atom. The van der Waals surface area contributed by atoms with E-state index in [2.05, 4.69) is 20.6 Å². The van der Waals surface area contributed by atoms with E-state index in [-0.39, 0.29) is 5.91 Å². The van der Waals surface area contributed by atoms with Crippen molar-refractivity contribution in [2.75, 3.05) is 7.11 Å². The first-order valence-electron chi connectivity index (χ1n) is 7.13. The molecule has 1 aromatic carbocycles. The number of hydrazone groups is 1. The molecule has 2 aromatic heterocycles. The molecule has 3 aromatic rings. The van der Waals surface area contributed by atoms with Crippen LogP contribution in [-0.2, 0) is 0 Å². The lowest BCUT2D eigenvalue weighted by molar-refractivity contribution is 0.0955. The number of rotatable bonds is 4. The second kappa shape index (κ2) is 8.96. The summed E-state index contributed by atoms with van der Waals surface area (Å²) in [4.78, 5) is 16.2. The van der Waals surface area contributed by atoms with Crippen molar-refractivity contribution in [3.8, 4) is 5.82 Å². The van der Waals surface area contributed by atoms with Crippen LogP contribution in [0.2, 0.25) is 0 Å². The maximum Gasteiger partial charge on any atom is 0.271 e. The van der Waals surface area contributed by atoms with E-state index in [4.69, 9.17) is 5.11 Å². The van der Waals surface area contributed by atoms with Gasteiger partial charge in [-0.3, -0.25) is 4.79 Å². The maximum absolute atomic E-state index is 11.8. The highest BCUT2D eigenvalue weighted by Gasteiger charge is 2.02. The van der Waals surface area contributed by atoms with Crippen LogP contribution in [0, 0.1) is 0 Å². The summed E-state index contributed by atoms with van der Waals surface area (Å²) in [7, 11) is 1.00. The Labute approximate surface area is 139 Å². The van der Waals surface area contributed by atoms with E-state index in [9.17, 15) is 4.79 Å². The fourth-order valence-corrected chi connectivity index (χ4v) is 1.85. The zero-order chi connectivity index (χ0) is 17.2. The van der Waals surface area contributed by atoms with Crippen molar-refractivity contribution in [3.63, 3.8) is 0 Å². The van der Waals surface area contributed by atoms with Gasteiger partial charge in [-0.25, -0.2) is 15.1 Å². The lowest BCUT2D eigenvalue weighted by Gasteiger charge is -2.01. The number of hydrogen-bond acceptors (Lipinski definition) is 5. The molecule has 0 aliphatic rings. The molecule has 0 spiro atoms. The third kappa shape index (κ3) is 4.59. The number of amides is 1. The van der Waals surface area contributed by atoms with Gasteiger partial charge in [0.2, 0.25) is 0 Å². The van der Waals surface area contributed by atoms with Crippen molar-refractivity contribution in [3.05, 3.63) is 78.2 Å². The first-order valence-corrected chi connectivity index (χ1v) is 7.13. The average Bonchev–Trinajstić information content (AvgIpc) is 3.19. The quantitative estimate of drug-likeness (QED) is 0.564. The number of pyridine rings is 1. The van der Waals surface area contributed by atoms with Crippen molar-refractivity contribution in [2.24, 2.45) is 5.10 Å². The van der Waals surface area contributed by atoms with E-state index >= 15 is 0 Å². The molecule has 122 valence electrons. The zero-order valence-corrected chi connectivity index (χ0v) is 13.1. The lowest BCUT2D eigenvalue weighted by Crippen LogP contribution is -2.17. The minimum Gasteiger partial charge on any atom is -0.400 e. The van der Waals surface area contributed by atoms with Crippen LogP contribution in [0.25, 0.3) is 5.82 Å². The van der Waals surface area contributed by atoms with Gasteiger partial charge in [0, 0.05) is 25.1 Å². The number of aliphatic hydroxyl groups is 1. The summed E-state index contributed by atoms with van der Waals surface area (Å²) < 4.78 is 1.65. The van der Waals surface area contributed by atoms with Gasteiger partial charge >= 0.3 is 0 Å². The van der Waals surface area contributed by atoms with Gasteiger partial charge in [0.15, 0.2) is 5.82 Å². The second-order valence-corrected chi connectivity index (χ2v) is 4.44. The molecule has 24 heavy (non-hydrogen) atoms. The van der Waals surface area contributed by atoms with Crippen molar-refractivity contribution in [1.29, 1.82) is 0 Å². The molecule has 2 heterocycles. The lowest BCUT2D eigenvalue weighted by atomic mass is 10.2. The van der Waals surface area contributed by atoms with Crippen LogP contribution in [0.5, 0.6) is 0 Å². The Morgan fingerprint density at radius 3 is 2.62 bits per heavy atom. The number of carbonyl (C=O) groups is 1. The minimum absolute atomic E-state index is 0.264. The average molecular weight is 323 g/mol. The fourth-order valence-electron chi connectivity index (χ4n) is 1.85. The molecule has 0 fully saturated rings. The number of benzene rings is 1. The summed E-state index contributed by atoms with van der Waals surface area (Å²) in [5.41, 5.74) is 3.65. The standard InChI is InChI=1S/C16H13N5O.CH4O/c22-16(13-6-2-1-3-7-13)20-17-12-14-8-4-9-15(19-14)21-11-5-10-18-21;1-2/h1-12H,(H,20,22);2H,1H3/b17-12+;. The highest BCUT2D eigenvalue weighted by Crippen LogP contribution is 2.03. The van der Waals surface area contributed by atoms with Crippen molar-refractivity contribution < 1.29 is 9.90 Å². The first kappa shape index (κ1) is 17.0. The Balaban J connectivity index is 0.00000100. The third-order valence-corrected chi connectivity index (χ3v) is 2.89. The molecule has 0 saturated heterocycles. The molecule has 0 saturated carbocycles. The normalized spacial score (nSPS) is 10.1. The SMILES string of the molecule is CO.O=C(N/N=C/c1cccc(-n2cccn2)n1)c1ccccc1. The van der Waals surface area contributed by atoms with E-state index in [1.807, 2.05) is 24.3 Å². The van der Waals surface area contributed by atoms with Crippen LogP contribution in [-0.4, -0.2) is 39.1 Å². The molecule has 0 bridgehead atoms. The number of aromatic nitrogens is 3. The molecule has 0 radical (unpaired) electrons. The van der Waals surface area contributed by atoms with Gasteiger partial charge in [-0.05, 0) is 30.3 Å². The molecule has 1 amide bonds. The van der Waals surface area contributed by atoms with Crippen LogP contribution in [0.15, 0.2) is 72.1 Å². The van der Waals surface area contributed by atoms with Gasteiger partial charge in [0.05, 0.1) is 11.9 Å². The molecule has 7 nitrogen and oxygen atoms in total. The van der Waals surface area contributed by atoms with Crippen LogP contribution >= 0.6 is 0 Å². The predicted molar refractivity (Wildman–Crippen MR) is 91.0 cm³/mol. The Kier molecular flexibility index (Phi) is 6.36. The summed E-state index contributed by atoms with van der Waals surface area (Å²) >= 11 is 0. The molecule has 0 atom stereocenters. The molecule has 0 unspecified atom stereocenters. The van der Waals surface area contributed by atoms with Crippen molar-refractivity contribution in [2.45, 2.75) is 0 Å². The second-order valence-electron chi connectivity index (χ2n) is 4.44. The predicted octanol–water partition coefficient (Wildman–Crippen LogP) is 1.64. The van der Waals surface area contributed by atoms with Gasteiger partial charge in [-0.15, -0.1) is 0 Å². The summed E-state index contributed by atoms with van der Waals surface area (Å²) in [5.74, 6) is 0.420. The Morgan fingerprint density at radius 1 is 1.12 bits per heavy atom. The molecule has 0 aliphatic heterocycles. The van der Waals surface area contributed by atoms with E-state index in [1.165, 1.54) is 6.21 Å². The van der Waals surface area contributed by atoms with E-state index in [0.29, 0.717) is 17.1 Å². The van der Waals surface area contributed by atoms with Gasteiger partial charge in [0.25, 0.3) is 5.91 Å². The van der Waals surface area contributed by atoms with Gasteiger partial charge < -0.3 is 5.11 Å². The summed E-state index contributed by atoms with van der Waals surface area (Å²) in [6.45, 7) is 0. The van der Waals surface area contributed by atoms with Crippen LogP contribution < -0.4 is 5.43 Å². The van der Waals surface area contributed by atoms with E-state index in [0.717, 1.165) is 7.11 Å². The molecule has 0 aliphatic carbocycles. The molecule has 3 rings (SSSR count). The topological polar surface area (TPSA) is 92.4 Å². The summed E-state index contributed by atoms with van der Waals surface area (Å²) in [5, 5.41) is 15.0. The monoisotopic (exact) mass is 323 g/mol. The third-order valence-electron chi connectivity index (χ3n) is 2.89. The maximum atomic E-state index is 11.8. The number of hydrogen-bond donors (Lipinski definition) is 2. The van der Waals surface area contributed by atoms with Gasteiger partial charge in [-0.2, -0.15) is 10.2 Å². The highest BCUT2D eigenvalue weighted by molar-refractivity contribution is 5.94. The van der Waals surface area contributed by atoms with E-state index < -0.39 is 0 Å². The Hall–Kier alpha value is -3.32. The smallest absolute Gasteiger partial charge is 0.271 e. The highest BCUT2D eigenvalue weighted by atomic mass is 16.2. The van der Waals surface area contributed by atoms with Crippen molar-refractivity contribution in [1.82, 2.24) is 20.2 Å². The largest absolute Gasteiger partial charge is 0.400 e. The van der Waals surface area contributed by atoms with Gasteiger partial charge in [-0.1, -0.05) is 24.3 Å². The molecular formula is C17H17N5O2. The Bertz CT molecular complexity index is 786. The van der Waals surface area contributed by atoms with Crippen LogP contribution in [0.1, 0.15) is 16.1 Å². The number of carbonyl (C=O) groups excluding carboxylic acids is 1. The first-order chi connectivity index (χ1) is 11.8. The molecule has 7 heteroatoms. The van der Waals surface area contributed by atoms with Crippen molar-refractivity contribution >= 4 is 12.1 Å². The van der Waals surface area contributed by atoms with Crippen LogP contribution in [0.3, 0.4) is 0 Å². The fraction of sp³-hybridized carbons (Fsp3) is 0.0588. The van der Waals surface area contributed by atoms with Gasteiger partial charge in [0.1, 0.15) is 0 Å². The summed E-state index contributed by atoms with van der Waals surface area (Å²) in [6, 6.07) is 16.2. The zero-order valence-electron chi connectivity index (χ0n) is 13.1. The number of aliphatic hydroxyl groups excluding tert-OH is 1. The van der Waals surface area contributed by atoms with Crippen LogP contribution in [0.4, 0.5) is 0 Å². The number of nitrogens with zero attached hydrogens (tertiary/aromatic N) is 4. The molecular weight excluding hydrogens is 306 g/mol. The number of nitrogens with one attached hydrogen (secondary N) is 1. The minimum atomic E-state index is -0.264.